The van der Waals surface area contributed by atoms with Crippen molar-refractivity contribution < 1.29 is 9.59 Å². The van der Waals surface area contributed by atoms with Crippen LogP contribution in [0.3, 0.4) is 0 Å². The lowest BCUT2D eigenvalue weighted by Crippen LogP contribution is -2.33. The molecular weight excluding hydrogens is 268 g/mol. The molecule has 2 amide bonds. The summed E-state index contributed by atoms with van der Waals surface area (Å²) in [5, 5.41) is 12.4. The minimum absolute atomic E-state index is 0.0364. The molecule has 6 heteroatoms. The Morgan fingerprint density at radius 1 is 1.33 bits per heavy atom. The minimum Gasteiger partial charge on any atom is -0.348 e. The molecule has 1 aliphatic rings. The molecule has 0 radical (unpaired) electrons. The Labute approximate surface area is 125 Å². The highest BCUT2D eigenvalue weighted by molar-refractivity contribution is 6.02. The molecule has 0 bridgehead atoms. The van der Waals surface area contributed by atoms with Gasteiger partial charge in [0, 0.05) is 18.2 Å². The first-order valence-electron chi connectivity index (χ1n) is 7.81. The molecule has 1 saturated carbocycles. The van der Waals surface area contributed by atoms with E-state index < -0.39 is 0 Å². The molecule has 0 aromatic carbocycles. The Morgan fingerprint density at radius 2 is 2.00 bits per heavy atom. The van der Waals surface area contributed by atoms with Gasteiger partial charge in [-0.25, -0.2) is 0 Å². The molecule has 0 spiro atoms. The highest BCUT2D eigenvalue weighted by Gasteiger charge is 2.23. The third-order valence-corrected chi connectivity index (χ3v) is 4.16. The van der Waals surface area contributed by atoms with Crippen molar-refractivity contribution in [3.8, 4) is 0 Å². The number of carbonyl (C=O) groups is 2. The molecule has 6 nitrogen and oxygen atoms in total. The van der Waals surface area contributed by atoms with Crippen LogP contribution in [0.15, 0.2) is 6.20 Å². The lowest BCUT2D eigenvalue weighted by atomic mass is 10.0. The molecule has 3 N–H and O–H groups in total. The number of rotatable bonds is 6. The third kappa shape index (κ3) is 3.83. The zero-order valence-corrected chi connectivity index (χ0v) is 12.7. The molecule has 116 valence electrons. The van der Waals surface area contributed by atoms with Crippen LogP contribution in [-0.4, -0.2) is 28.1 Å². The summed E-state index contributed by atoms with van der Waals surface area (Å²) in [7, 11) is 0. The van der Waals surface area contributed by atoms with Crippen molar-refractivity contribution in [2.75, 3.05) is 5.32 Å². The van der Waals surface area contributed by atoms with Gasteiger partial charge in [-0.05, 0) is 25.7 Å². The second kappa shape index (κ2) is 7.24. The number of hydrogen-bond acceptors (Lipinski definition) is 3. The van der Waals surface area contributed by atoms with Gasteiger partial charge in [-0.3, -0.25) is 14.7 Å². The first kappa shape index (κ1) is 15.5. The molecule has 2 rings (SSSR count). The molecule has 1 aromatic heterocycles. The summed E-state index contributed by atoms with van der Waals surface area (Å²) in [5.41, 5.74) is 0.726. The predicted molar refractivity (Wildman–Crippen MR) is 81.0 cm³/mol. The molecule has 0 saturated heterocycles. The summed E-state index contributed by atoms with van der Waals surface area (Å²) in [6.07, 6.45) is 7.47. The van der Waals surface area contributed by atoms with Gasteiger partial charge >= 0.3 is 0 Å². The van der Waals surface area contributed by atoms with Crippen LogP contribution >= 0.6 is 0 Å². The van der Waals surface area contributed by atoms with Gasteiger partial charge in [-0.1, -0.05) is 26.7 Å². The van der Waals surface area contributed by atoms with Crippen LogP contribution in [0.5, 0.6) is 0 Å². The van der Waals surface area contributed by atoms with Crippen molar-refractivity contribution in [3.63, 3.8) is 0 Å². The Morgan fingerprint density at radius 3 is 2.62 bits per heavy atom. The van der Waals surface area contributed by atoms with Crippen LogP contribution in [-0.2, 0) is 4.79 Å². The summed E-state index contributed by atoms with van der Waals surface area (Å²) < 4.78 is 0. The monoisotopic (exact) mass is 292 g/mol. The highest BCUT2D eigenvalue weighted by Crippen LogP contribution is 2.20. The summed E-state index contributed by atoms with van der Waals surface area (Å²) >= 11 is 0. The number of hydrogen-bond donors (Lipinski definition) is 3. The first-order chi connectivity index (χ1) is 10.2. The molecule has 1 heterocycles. The van der Waals surface area contributed by atoms with Gasteiger partial charge in [-0.15, -0.1) is 0 Å². The highest BCUT2D eigenvalue weighted by atomic mass is 16.2. The van der Waals surface area contributed by atoms with Crippen LogP contribution in [0.1, 0.15) is 62.9 Å². The second-order valence-corrected chi connectivity index (χ2v) is 5.61. The Balaban J connectivity index is 2.00. The fourth-order valence-electron chi connectivity index (χ4n) is 2.78. The maximum atomic E-state index is 12.2. The zero-order chi connectivity index (χ0) is 15.2. The summed E-state index contributed by atoms with van der Waals surface area (Å²) in [6.45, 7) is 3.97. The molecule has 0 unspecified atom stereocenters. The van der Waals surface area contributed by atoms with Crippen LogP contribution in [0, 0.1) is 5.92 Å². The third-order valence-electron chi connectivity index (χ3n) is 4.16. The van der Waals surface area contributed by atoms with Crippen molar-refractivity contribution in [1.29, 1.82) is 0 Å². The predicted octanol–water partition coefficient (Wildman–Crippen LogP) is 2.46. The van der Waals surface area contributed by atoms with Crippen LogP contribution < -0.4 is 10.6 Å². The average molecular weight is 292 g/mol. The molecule has 0 aliphatic heterocycles. The van der Waals surface area contributed by atoms with Gasteiger partial charge in [0.1, 0.15) is 0 Å². The van der Waals surface area contributed by atoms with Gasteiger partial charge in [0.2, 0.25) is 5.91 Å². The molecule has 1 aliphatic carbocycles. The van der Waals surface area contributed by atoms with E-state index in [-0.39, 0.29) is 29.5 Å². The second-order valence-electron chi connectivity index (χ2n) is 5.61. The van der Waals surface area contributed by atoms with Crippen molar-refractivity contribution in [1.82, 2.24) is 15.5 Å². The van der Waals surface area contributed by atoms with Crippen LogP contribution in [0.4, 0.5) is 5.69 Å². The maximum Gasteiger partial charge on any atom is 0.274 e. The van der Waals surface area contributed by atoms with Crippen molar-refractivity contribution >= 4 is 17.5 Å². The summed E-state index contributed by atoms with van der Waals surface area (Å²) in [6, 6.07) is 0.233. The number of anilines is 1. The Bertz CT molecular complexity index is 488. The van der Waals surface area contributed by atoms with Gasteiger partial charge in [0.25, 0.3) is 5.91 Å². The topological polar surface area (TPSA) is 86.9 Å². The van der Waals surface area contributed by atoms with Gasteiger partial charge in [-0.2, -0.15) is 5.10 Å². The largest absolute Gasteiger partial charge is 0.348 e. The Kier molecular flexibility index (Phi) is 5.36. The SMILES string of the molecule is CCC(CC)C(=O)Nc1c[nH]nc1C(=O)NC1CCCC1. The first-order valence-corrected chi connectivity index (χ1v) is 7.81. The number of nitrogens with one attached hydrogen (secondary N) is 3. The van der Waals surface area contributed by atoms with Crippen LogP contribution in [0.25, 0.3) is 0 Å². The fraction of sp³-hybridized carbons (Fsp3) is 0.667. The average Bonchev–Trinajstić information content (AvgIpc) is 3.11. The number of aromatic amines is 1. The quantitative estimate of drug-likeness (QED) is 0.752. The van der Waals surface area contributed by atoms with Gasteiger partial charge in [0.15, 0.2) is 5.69 Å². The van der Waals surface area contributed by atoms with Crippen molar-refractivity contribution in [2.24, 2.45) is 5.92 Å². The van der Waals surface area contributed by atoms with Gasteiger partial charge in [0.05, 0.1) is 5.69 Å². The lowest BCUT2D eigenvalue weighted by molar-refractivity contribution is -0.120. The van der Waals surface area contributed by atoms with E-state index in [0.29, 0.717) is 5.69 Å². The Hall–Kier alpha value is -1.85. The van der Waals surface area contributed by atoms with E-state index in [0.717, 1.165) is 38.5 Å². The molecule has 1 aromatic rings. The van der Waals surface area contributed by atoms with E-state index in [1.54, 1.807) is 6.20 Å². The molecule has 1 fully saturated rings. The lowest BCUT2D eigenvalue weighted by Gasteiger charge is -2.14. The van der Waals surface area contributed by atoms with E-state index in [2.05, 4.69) is 20.8 Å². The smallest absolute Gasteiger partial charge is 0.274 e. The number of nitrogens with zero attached hydrogens (tertiary/aromatic N) is 1. The van der Waals surface area contributed by atoms with E-state index in [4.69, 9.17) is 0 Å². The standard InChI is InChI=1S/C15H24N4O2/c1-3-10(4-2)14(20)18-12-9-16-19-13(12)15(21)17-11-7-5-6-8-11/h9-11H,3-8H2,1-2H3,(H,16,19)(H,17,21)(H,18,20). The van der Waals surface area contributed by atoms with E-state index in [1.165, 1.54) is 0 Å². The number of amides is 2. The molecule has 0 atom stereocenters. The van der Waals surface area contributed by atoms with E-state index in [9.17, 15) is 9.59 Å². The number of carbonyl (C=O) groups excluding carboxylic acids is 2. The maximum absolute atomic E-state index is 12.2. The van der Waals surface area contributed by atoms with E-state index in [1.807, 2.05) is 13.8 Å². The molecule has 21 heavy (non-hydrogen) atoms. The van der Waals surface area contributed by atoms with Crippen LogP contribution in [0.2, 0.25) is 0 Å². The van der Waals surface area contributed by atoms with Crippen molar-refractivity contribution in [3.05, 3.63) is 11.9 Å². The van der Waals surface area contributed by atoms with Crippen molar-refractivity contribution in [2.45, 2.75) is 58.4 Å². The fourth-order valence-corrected chi connectivity index (χ4v) is 2.78. The van der Waals surface area contributed by atoms with Gasteiger partial charge < -0.3 is 10.6 Å². The summed E-state index contributed by atoms with van der Waals surface area (Å²) in [4.78, 5) is 24.3. The number of aromatic nitrogens is 2. The normalized spacial score (nSPS) is 15.4. The van der Waals surface area contributed by atoms with E-state index >= 15 is 0 Å². The zero-order valence-electron chi connectivity index (χ0n) is 12.7. The molecular formula is C15H24N4O2. The minimum atomic E-state index is -0.219. The summed E-state index contributed by atoms with van der Waals surface area (Å²) in [5.74, 6) is -0.315. The number of H-pyrrole nitrogens is 1.